The molecule has 3 heterocycles. The minimum atomic E-state index is -0.663. The smallest absolute Gasteiger partial charge is 0.270 e. The first-order valence-electron chi connectivity index (χ1n) is 7.69. The van der Waals surface area contributed by atoms with E-state index in [2.05, 4.69) is 25.3 Å². The molecular formula is C15H19ClN6O2. The average Bonchev–Trinajstić information content (AvgIpc) is 2.93. The second kappa shape index (κ2) is 7.25. The van der Waals surface area contributed by atoms with E-state index in [0.29, 0.717) is 6.54 Å². The van der Waals surface area contributed by atoms with Crippen molar-refractivity contribution in [2.24, 2.45) is 7.05 Å². The van der Waals surface area contributed by atoms with E-state index in [1.807, 2.05) is 17.9 Å². The number of carbonyl (C=O) groups excluding carboxylic acids is 1. The maximum Gasteiger partial charge on any atom is 0.270 e. The van der Waals surface area contributed by atoms with Crippen molar-refractivity contribution in [3.8, 4) is 0 Å². The molecule has 0 aliphatic carbocycles. The molecule has 1 aliphatic rings. The van der Waals surface area contributed by atoms with E-state index in [9.17, 15) is 9.90 Å². The van der Waals surface area contributed by atoms with Gasteiger partial charge in [0.05, 0.1) is 12.3 Å². The van der Waals surface area contributed by atoms with Crippen LogP contribution in [0.1, 0.15) is 21.7 Å². The minimum Gasteiger partial charge on any atom is -0.390 e. The van der Waals surface area contributed by atoms with Crippen LogP contribution in [0.4, 0.5) is 0 Å². The Morgan fingerprint density at radius 1 is 1.50 bits per heavy atom. The summed E-state index contributed by atoms with van der Waals surface area (Å²) in [5, 5.41) is 17.3. The molecule has 1 amide bonds. The van der Waals surface area contributed by atoms with E-state index in [1.165, 1.54) is 23.7 Å². The number of rotatable bonds is 5. The van der Waals surface area contributed by atoms with Crippen molar-refractivity contribution in [3.63, 3.8) is 0 Å². The highest BCUT2D eigenvalue weighted by atomic mass is 35.5. The van der Waals surface area contributed by atoms with Crippen molar-refractivity contribution in [2.45, 2.75) is 19.1 Å². The lowest BCUT2D eigenvalue weighted by Crippen LogP contribution is -2.42. The number of hydrogen-bond acceptors (Lipinski definition) is 6. The molecule has 0 aromatic carbocycles. The van der Waals surface area contributed by atoms with Gasteiger partial charge < -0.3 is 10.4 Å². The van der Waals surface area contributed by atoms with Crippen LogP contribution in [0.25, 0.3) is 0 Å². The summed E-state index contributed by atoms with van der Waals surface area (Å²) in [4.78, 5) is 21.7. The monoisotopic (exact) mass is 350 g/mol. The number of aliphatic hydroxyl groups excluding tert-OH is 1. The van der Waals surface area contributed by atoms with Gasteiger partial charge in [-0.3, -0.25) is 14.4 Å². The molecule has 0 saturated carbocycles. The Balaban J connectivity index is 1.48. The number of halogens is 1. The molecule has 2 aromatic rings. The SMILES string of the molecule is Cn1ncc2c1CCN(CC(O)CNC(=O)c1cc(Cl)ncn1)C2. The maximum absolute atomic E-state index is 12.0. The highest BCUT2D eigenvalue weighted by Gasteiger charge is 2.21. The molecule has 1 unspecified atom stereocenters. The Labute approximate surface area is 144 Å². The Bertz CT molecular complexity index is 735. The van der Waals surface area contributed by atoms with Crippen molar-refractivity contribution in [2.75, 3.05) is 19.6 Å². The van der Waals surface area contributed by atoms with Gasteiger partial charge in [-0.05, 0) is 0 Å². The summed E-state index contributed by atoms with van der Waals surface area (Å²) in [6, 6.07) is 1.39. The van der Waals surface area contributed by atoms with Crippen LogP contribution >= 0.6 is 11.6 Å². The van der Waals surface area contributed by atoms with E-state index >= 15 is 0 Å². The number of fused-ring (bicyclic) bond motifs is 1. The van der Waals surface area contributed by atoms with Crippen LogP contribution in [0, 0.1) is 0 Å². The van der Waals surface area contributed by atoms with Gasteiger partial charge in [0.2, 0.25) is 0 Å². The lowest BCUT2D eigenvalue weighted by atomic mass is 10.1. The predicted molar refractivity (Wildman–Crippen MR) is 87.6 cm³/mol. The molecule has 0 radical (unpaired) electrons. The summed E-state index contributed by atoms with van der Waals surface area (Å²) in [5.74, 6) is -0.383. The van der Waals surface area contributed by atoms with Crippen LogP contribution in [-0.2, 0) is 20.0 Å². The largest absolute Gasteiger partial charge is 0.390 e. The van der Waals surface area contributed by atoms with Crippen molar-refractivity contribution in [1.29, 1.82) is 0 Å². The van der Waals surface area contributed by atoms with Crippen LogP contribution in [0.3, 0.4) is 0 Å². The summed E-state index contributed by atoms with van der Waals surface area (Å²) in [6.45, 7) is 2.25. The Morgan fingerprint density at radius 3 is 3.12 bits per heavy atom. The molecular weight excluding hydrogens is 332 g/mol. The number of nitrogens with zero attached hydrogens (tertiary/aromatic N) is 5. The summed E-state index contributed by atoms with van der Waals surface area (Å²) in [5.41, 5.74) is 2.62. The third kappa shape index (κ3) is 3.89. The highest BCUT2D eigenvalue weighted by molar-refractivity contribution is 6.29. The van der Waals surface area contributed by atoms with Gasteiger partial charge in [-0.1, -0.05) is 11.6 Å². The molecule has 2 N–H and O–H groups in total. The summed E-state index contributed by atoms with van der Waals surface area (Å²) < 4.78 is 1.90. The zero-order chi connectivity index (χ0) is 17.1. The van der Waals surface area contributed by atoms with Gasteiger partial charge in [-0.2, -0.15) is 5.10 Å². The summed E-state index contributed by atoms with van der Waals surface area (Å²) in [7, 11) is 1.94. The van der Waals surface area contributed by atoms with E-state index in [0.717, 1.165) is 19.5 Å². The molecule has 8 nitrogen and oxygen atoms in total. The van der Waals surface area contributed by atoms with Gasteiger partial charge in [-0.25, -0.2) is 9.97 Å². The zero-order valence-corrected chi connectivity index (χ0v) is 14.1. The molecule has 128 valence electrons. The first-order valence-corrected chi connectivity index (χ1v) is 8.06. The molecule has 3 rings (SSSR count). The molecule has 2 aromatic heterocycles. The van der Waals surface area contributed by atoms with Gasteiger partial charge in [-0.15, -0.1) is 0 Å². The van der Waals surface area contributed by atoms with Crippen molar-refractivity contribution < 1.29 is 9.90 Å². The number of aliphatic hydroxyl groups is 1. The number of amides is 1. The number of aromatic nitrogens is 4. The quantitative estimate of drug-likeness (QED) is 0.738. The Morgan fingerprint density at radius 2 is 2.33 bits per heavy atom. The van der Waals surface area contributed by atoms with Crippen molar-refractivity contribution in [3.05, 3.63) is 40.7 Å². The molecule has 9 heteroatoms. The minimum absolute atomic E-state index is 0.150. The highest BCUT2D eigenvalue weighted by Crippen LogP contribution is 2.17. The van der Waals surface area contributed by atoms with Crippen LogP contribution in [0.5, 0.6) is 0 Å². The van der Waals surface area contributed by atoms with Gasteiger partial charge in [0, 0.05) is 57.0 Å². The first kappa shape index (κ1) is 16.8. The number of aryl methyl sites for hydroxylation is 1. The van der Waals surface area contributed by atoms with Crippen molar-refractivity contribution in [1.82, 2.24) is 30.0 Å². The fraction of sp³-hybridized carbons (Fsp3) is 0.467. The molecule has 1 aliphatic heterocycles. The number of carbonyl (C=O) groups is 1. The molecule has 0 bridgehead atoms. The second-order valence-corrected chi connectivity index (χ2v) is 6.20. The van der Waals surface area contributed by atoms with E-state index in [-0.39, 0.29) is 23.3 Å². The van der Waals surface area contributed by atoms with E-state index < -0.39 is 6.10 Å². The topological polar surface area (TPSA) is 96.2 Å². The van der Waals surface area contributed by atoms with Crippen LogP contribution in [0.2, 0.25) is 5.15 Å². The van der Waals surface area contributed by atoms with Gasteiger partial charge in [0.25, 0.3) is 5.91 Å². The zero-order valence-electron chi connectivity index (χ0n) is 13.3. The number of hydrogen-bond donors (Lipinski definition) is 2. The fourth-order valence-corrected chi connectivity index (χ4v) is 2.97. The Kier molecular flexibility index (Phi) is 5.08. The fourth-order valence-electron chi connectivity index (χ4n) is 2.82. The maximum atomic E-state index is 12.0. The third-order valence-corrected chi connectivity index (χ3v) is 4.25. The average molecular weight is 351 g/mol. The molecule has 24 heavy (non-hydrogen) atoms. The first-order chi connectivity index (χ1) is 11.5. The predicted octanol–water partition coefficient (Wildman–Crippen LogP) is 0.0125. The third-order valence-electron chi connectivity index (χ3n) is 4.04. The number of β-amino-alcohol motifs (C(OH)–C–C–N with tert-alkyl or cyclic N) is 1. The molecule has 0 spiro atoms. The lowest BCUT2D eigenvalue weighted by molar-refractivity contribution is 0.0836. The summed E-state index contributed by atoms with van der Waals surface area (Å²) in [6.07, 6.45) is 3.34. The standard InChI is InChI=1S/C15H19ClN6O2/c1-21-13-2-3-22(7-10(13)5-20-21)8-11(23)6-17-15(24)12-4-14(16)19-9-18-12/h4-5,9,11,23H,2-3,6-8H2,1H3,(H,17,24). The van der Waals surface area contributed by atoms with Gasteiger partial charge >= 0.3 is 0 Å². The van der Waals surface area contributed by atoms with Crippen molar-refractivity contribution >= 4 is 17.5 Å². The van der Waals surface area contributed by atoms with E-state index in [1.54, 1.807) is 0 Å². The van der Waals surface area contributed by atoms with E-state index in [4.69, 9.17) is 11.6 Å². The molecule has 1 atom stereocenters. The molecule has 0 fully saturated rings. The van der Waals surface area contributed by atoms with Gasteiger partial charge in [0.15, 0.2) is 0 Å². The van der Waals surface area contributed by atoms with Crippen LogP contribution in [-0.4, -0.2) is 61.4 Å². The van der Waals surface area contributed by atoms with Crippen LogP contribution < -0.4 is 5.32 Å². The molecule has 0 saturated heterocycles. The van der Waals surface area contributed by atoms with Gasteiger partial charge in [0.1, 0.15) is 17.2 Å². The Hall–Kier alpha value is -2.03. The second-order valence-electron chi connectivity index (χ2n) is 5.82. The lowest BCUT2D eigenvalue weighted by Gasteiger charge is -2.28. The summed E-state index contributed by atoms with van der Waals surface area (Å²) >= 11 is 5.73. The normalized spacial score (nSPS) is 15.8. The van der Waals surface area contributed by atoms with Crippen LogP contribution in [0.15, 0.2) is 18.6 Å². The number of nitrogens with one attached hydrogen (secondary N) is 1.